The van der Waals surface area contributed by atoms with E-state index < -0.39 is 0 Å². The summed E-state index contributed by atoms with van der Waals surface area (Å²) >= 11 is 0. The molecule has 2 fully saturated rings. The van der Waals surface area contributed by atoms with Crippen LogP contribution in [0.2, 0.25) is 0 Å². The zero-order valence-electron chi connectivity index (χ0n) is 9.51. The van der Waals surface area contributed by atoms with E-state index in [0.717, 1.165) is 19.1 Å². The van der Waals surface area contributed by atoms with Crippen LogP contribution in [0.5, 0.6) is 0 Å². The van der Waals surface area contributed by atoms with Gasteiger partial charge in [-0.3, -0.25) is 0 Å². The van der Waals surface area contributed by atoms with Crippen LogP contribution in [0.3, 0.4) is 0 Å². The standard InChI is InChI=1S/C12H23NO/c1-10(2)7-12(4-5-12)9-13-11-3-6-14-8-11/h10-11,13H,3-9H2,1-2H3. The Morgan fingerprint density at radius 1 is 1.43 bits per heavy atom. The first-order valence-corrected chi connectivity index (χ1v) is 6.01. The van der Waals surface area contributed by atoms with Crippen LogP contribution in [0.25, 0.3) is 0 Å². The third kappa shape index (κ3) is 2.71. The third-order valence-electron chi connectivity index (χ3n) is 3.49. The van der Waals surface area contributed by atoms with Crippen LogP contribution in [0.1, 0.15) is 39.5 Å². The maximum Gasteiger partial charge on any atom is 0.0620 e. The van der Waals surface area contributed by atoms with E-state index in [9.17, 15) is 0 Å². The van der Waals surface area contributed by atoms with E-state index >= 15 is 0 Å². The molecule has 2 heteroatoms. The smallest absolute Gasteiger partial charge is 0.0620 e. The molecule has 1 heterocycles. The maximum absolute atomic E-state index is 5.36. The highest BCUT2D eigenvalue weighted by Gasteiger charge is 2.42. The second kappa shape index (κ2) is 4.19. The number of hydrogen-bond donors (Lipinski definition) is 1. The van der Waals surface area contributed by atoms with E-state index in [1.165, 1.54) is 32.2 Å². The van der Waals surface area contributed by atoms with Crippen molar-refractivity contribution in [2.75, 3.05) is 19.8 Å². The third-order valence-corrected chi connectivity index (χ3v) is 3.49. The minimum Gasteiger partial charge on any atom is -0.380 e. The van der Waals surface area contributed by atoms with Crippen LogP contribution >= 0.6 is 0 Å². The van der Waals surface area contributed by atoms with Gasteiger partial charge in [-0.2, -0.15) is 0 Å². The maximum atomic E-state index is 5.36. The van der Waals surface area contributed by atoms with Gasteiger partial charge in [-0.25, -0.2) is 0 Å². The Morgan fingerprint density at radius 3 is 2.71 bits per heavy atom. The van der Waals surface area contributed by atoms with Crippen molar-refractivity contribution in [3.8, 4) is 0 Å². The summed E-state index contributed by atoms with van der Waals surface area (Å²) in [5.41, 5.74) is 0.663. The van der Waals surface area contributed by atoms with Crippen LogP contribution in [-0.4, -0.2) is 25.8 Å². The molecular formula is C12H23NO. The fraction of sp³-hybridized carbons (Fsp3) is 1.00. The van der Waals surface area contributed by atoms with Crippen molar-refractivity contribution in [1.82, 2.24) is 5.32 Å². The Labute approximate surface area is 87.4 Å². The highest BCUT2D eigenvalue weighted by atomic mass is 16.5. The quantitative estimate of drug-likeness (QED) is 0.729. The Bertz CT molecular complexity index is 181. The van der Waals surface area contributed by atoms with Crippen LogP contribution in [0, 0.1) is 11.3 Å². The second-order valence-corrected chi connectivity index (χ2v) is 5.54. The largest absolute Gasteiger partial charge is 0.380 e. The van der Waals surface area contributed by atoms with Gasteiger partial charge in [0.1, 0.15) is 0 Å². The van der Waals surface area contributed by atoms with Crippen molar-refractivity contribution in [2.45, 2.75) is 45.6 Å². The molecule has 2 rings (SSSR count). The molecule has 0 bridgehead atoms. The van der Waals surface area contributed by atoms with E-state index in [1.807, 2.05) is 0 Å². The number of nitrogens with one attached hydrogen (secondary N) is 1. The average molecular weight is 197 g/mol. The fourth-order valence-corrected chi connectivity index (χ4v) is 2.55. The molecule has 1 aliphatic carbocycles. The van der Waals surface area contributed by atoms with E-state index in [-0.39, 0.29) is 0 Å². The minimum atomic E-state index is 0.639. The SMILES string of the molecule is CC(C)CC1(CNC2CCOC2)CC1. The molecule has 1 N–H and O–H groups in total. The molecule has 2 aliphatic rings. The molecular weight excluding hydrogens is 174 g/mol. The van der Waals surface area contributed by atoms with Gasteiger partial charge in [0, 0.05) is 19.2 Å². The molecule has 1 atom stereocenters. The molecule has 1 unspecified atom stereocenters. The Kier molecular flexibility index (Phi) is 3.13. The summed E-state index contributed by atoms with van der Waals surface area (Å²) in [5.74, 6) is 0.846. The first-order chi connectivity index (χ1) is 6.70. The van der Waals surface area contributed by atoms with Crippen molar-refractivity contribution in [3.63, 3.8) is 0 Å². The Hall–Kier alpha value is -0.0800. The average Bonchev–Trinajstić information content (AvgIpc) is 2.68. The zero-order chi connectivity index (χ0) is 10.0. The predicted octanol–water partition coefficient (Wildman–Crippen LogP) is 2.19. The lowest BCUT2D eigenvalue weighted by molar-refractivity contribution is 0.188. The summed E-state index contributed by atoms with van der Waals surface area (Å²) in [6.07, 6.45) is 5.48. The van der Waals surface area contributed by atoms with E-state index in [1.54, 1.807) is 0 Å². The molecule has 1 saturated heterocycles. The number of rotatable bonds is 5. The molecule has 2 nitrogen and oxygen atoms in total. The lowest BCUT2D eigenvalue weighted by atomic mass is 9.94. The number of ether oxygens (including phenoxy) is 1. The zero-order valence-corrected chi connectivity index (χ0v) is 9.51. The Morgan fingerprint density at radius 2 is 2.21 bits per heavy atom. The lowest BCUT2D eigenvalue weighted by Crippen LogP contribution is -2.34. The molecule has 1 aliphatic heterocycles. The van der Waals surface area contributed by atoms with Gasteiger partial charge in [0.2, 0.25) is 0 Å². The van der Waals surface area contributed by atoms with Crippen molar-refractivity contribution in [1.29, 1.82) is 0 Å². The second-order valence-electron chi connectivity index (χ2n) is 5.54. The first kappa shape index (κ1) is 10.4. The summed E-state index contributed by atoms with van der Waals surface area (Å²) in [6, 6.07) is 0.639. The van der Waals surface area contributed by atoms with Crippen molar-refractivity contribution in [2.24, 2.45) is 11.3 Å². The monoisotopic (exact) mass is 197 g/mol. The molecule has 0 radical (unpaired) electrons. The van der Waals surface area contributed by atoms with Crippen molar-refractivity contribution >= 4 is 0 Å². The molecule has 82 valence electrons. The van der Waals surface area contributed by atoms with E-state index in [2.05, 4.69) is 19.2 Å². The van der Waals surface area contributed by atoms with Gasteiger partial charge in [-0.15, -0.1) is 0 Å². The molecule has 1 saturated carbocycles. The van der Waals surface area contributed by atoms with Crippen LogP contribution in [0.4, 0.5) is 0 Å². The highest BCUT2D eigenvalue weighted by molar-refractivity contribution is 4.96. The van der Waals surface area contributed by atoms with Crippen LogP contribution < -0.4 is 5.32 Å². The lowest BCUT2D eigenvalue weighted by Gasteiger charge is -2.20. The number of hydrogen-bond acceptors (Lipinski definition) is 2. The highest BCUT2D eigenvalue weighted by Crippen LogP contribution is 2.50. The fourth-order valence-electron chi connectivity index (χ4n) is 2.55. The molecule has 0 amide bonds. The van der Waals surface area contributed by atoms with Crippen LogP contribution in [-0.2, 0) is 4.74 Å². The minimum absolute atomic E-state index is 0.639. The van der Waals surface area contributed by atoms with Crippen molar-refractivity contribution < 1.29 is 4.74 Å². The normalized spacial score (nSPS) is 29.8. The summed E-state index contributed by atoms with van der Waals surface area (Å²) in [5, 5.41) is 3.66. The van der Waals surface area contributed by atoms with Gasteiger partial charge in [-0.05, 0) is 37.0 Å². The first-order valence-electron chi connectivity index (χ1n) is 6.01. The summed E-state index contributed by atoms with van der Waals surface area (Å²) in [7, 11) is 0. The van der Waals surface area contributed by atoms with Crippen molar-refractivity contribution in [3.05, 3.63) is 0 Å². The van der Waals surface area contributed by atoms with Gasteiger partial charge in [-0.1, -0.05) is 13.8 Å². The van der Waals surface area contributed by atoms with E-state index in [4.69, 9.17) is 4.74 Å². The van der Waals surface area contributed by atoms with Gasteiger partial charge in [0.25, 0.3) is 0 Å². The van der Waals surface area contributed by atoms with E-state index in [0.29, 0.717) is 11.5 Å². The molecule has 0 spiro atoms. The summed E-state index contributed by atoms with van der Waals surface area (Å²) < 4.78 is 5.36. The topological polar surface area (TPSA) is 21.3 Å². The predicted molar refractivity (Wildman–Crippen MR) is 58.3 cm³/mol. The van der Waals surface area contributed by atoms with Gasteiger partial charge in [0.15, 0.2) is 0 Å². The molecule has 0 aromatic rings. The summed E-state index contributed by atoms with van der Waals surface area (Å²) in [6.45, 7) is 7.77. The van der Waals surface area contributed by atoms with Crippen LogP contribution in [0.15, 0.2) is 0 Å². The van der Waals surface area contributed by atoms with Gasteiger partial charge < -0.3 is 10.1 Å². The van der Waals surface area contributed by atoms with Gasteiger partial charge >= 0.3 is 0 Å². The summed E-state index contributed by atoms with van der Waals surface area (Å²) in [4.78, 5) is 0. The molecule has 14 heavy (non-hydrogen) atoms. The molecule has 0 aromatic carbocycles. The molecule has 0 aromatic heterocycles. The Balaban J connectivity index is 1.68. The van der Waals surface area contributed by atoms with Gasteiger partial charge in [0.05, 0.1) is 6.61 Å².